The van der Waals surface area contributed by atoms with E-state index in [-0.39, 0.29) is 7.43 Å². The Morgan fingerprint density at radius 2 is 1.29 bits per heavy atom. The molecule has 1 aromatic rings. The fraction of sp³-hybridized carbons (Fsp3) is 0.571. The second kappa shape index (κ2) is 7.61. The maximum atomic E-state index is 2.28. The first-order valence-corrected chi connectivity index (χ1v) is 5.22. The lowest BCUT2D eigenvalue weighted by Gasteiger charge is -2.06. The number of benzene rings is 1. The van der Waals surface area contributed by atoms with Gasteiger partial charge in [-0.3, -0.25) is 0 Å². The summed E-state index contributed by atoms with van der Waals surface area (Å²) >= 11 is 0. The molecule has 0 saturated heterocycles. The van der Waals surface area contributed by atoms with Gasteiger partial charge in [-0.2, -0.15) is 0 Å². The molecule has 0 heteroatoms. The smallest absolute Gasteiger partial charge is 0.0307 e. The third-order valence-electron chi connectivity index (χ3n) is 2.40. The highest BCUT2D eigenvalue weighted by Gasteiger charge is 1.98. The predicted molar refractivity (Wildman–Crippen MR) is 68.1 cm³/mol. The van der Waals surface area contributed by atoms with E-state index in [0.717, 1.165) is 6.42 Å². The Balaban J connectivity index is 0. The molecular weight excluding hydrogens is 168 g/mol. The van der Waals surface area contributed by atoms with Gasteiger partial charge in [0.05, 0.1) is 0 Å². The predicted octanol–water partition coefficient (Wildman–Crippen LogP) is 4.84. The van der Waals surface area contributed by atoms with E-state index in [1.54, 1.807) is 0 Å². The summed E-state index contributed by atoms with van der Waals surface area (Å²) in [4.78, 5) is 0. The number of hydrogen-bond donors (Lipinski definition) is 0. The van der Waals surface area contributed by atoms with E-state index in [1.807, 2.05) is 13.8 Å². The normalized spacial score (nSPS) is 8.43. The molecular formula is C14H26. The van der Waals surface area contributed by atoms with Crippen molar-refractivity contribution < 1.29 is 0 Å². The molecule has 0 N–H and O–H groups in total. The molecule has 0 aliphatic rings. The average molecular weight is 194 g/mol. The largest absolute Gasteiger partial charge is 0.0776 e. The van der Waals surface area contributed by atoms with Gasteiger partial charge < -0.3 is 0 Å². The second-order valence-corrected chi connectivity index (χ2v) is 3.21. The lowest BCUT2D eigenvalue weighted by atomic mass is 10.00. The highest BCUT2D eigenvalue weighted by Crippen LogP contribution is 2.15. The maximum absolute atomic E-state index is 2.28. The zero-order valence-corrected chi connectivity index (χ0v) is 9.86. The molecule has 0 atom stereocenters. The van der Waals surface area contributed by atoms with Crippen LogP contribution in [0.25, 0.3) is 0 Å². The first kappa shape index (κ1) is 15.7. The quantitative estimate of drug-likeness (QED) is 0.600. The summed E-state index contributed by atoms with van der Waals surface area (Å²) in [7, 11) is 0. The van der Waals surface area contributed by atoms with E-state index in [1.165, 1.54) is 22.3 Å². The Bertz CT molecular complexity index is 236. The molecule has 0 amide bonds. The fourth-order valence-corrected chi connectivity index (χ4v) is 1.33. The summed E-state index contributed by atoms with van der Waals surface area (Å²) in [5.41, 5.74) is 5.72. The van der Waals surface area contributed by atoms with Gasteiger partial charge in [0.15, 0.2) is 0 Å². The van der Waals surface area contributed by atoms with Gasteiger partial charge in [-0.25, -0.2) is 0 Å². The van der Waals surface area contributed by atoms with Crippen LogP contribution in [0.15, 0.2) is 12.1 Å². The minimum atomic E-state index is 0. The van der Waals surface area contributed by atoms with Gasteiger partial charge in [-0.05, 0) is 49.4 Å². The molecule has 0 bridgehead atoms. The molecule has 0 aliphatic carbocycles. The molecule has 0 fully saturated rings. The minimum Gasteiger partial charge on any atom is -0.0776 e. The van der Waals surface area contributed by atoms with Crippen molar-refractivity contribution in [3.05, 3.63) is 34.4 Å². The van der Waals surface area contributed by atoms with Crippen LogP contribution in [-0.2, 0) is 6.42 Å². The molecule has 0 nitrogen and oxygen atoms in total. The molecule has 0 heterocycles. The van der Waals surface area contributed by atoms with Crippen LogP contribution in [0.1, 0.15) is 50.5 Å². The van der Waals surface area contributed by atoms with Gasteiger partial charge in [0.1, 0.15) is 0 Å². The van der Waals surface area contributed by atoms with Crippen molar-refractivity contribution in [2.45, 2.75) is 55.4 Å². The van der Waals surface area contributed by atoms with E-state index in [9.17, 15) is 0 Å². The molecule has 0 radical (unpaired) electrons. The first-order chi connectivity index (χ1) is 6.15. The zero-order chi connectivity index (χ0) is 10.4. The fourth-order valence-electron chi connectivity index (χ4n) is 1.33. The summed E-state index contributed by atoms with van der Waals surface area (Å²) in [5.74, 6) is 0. The van der Waals surface area contributed by atoms with Crippen molar-refractivity contribution in [2.75, 3.05) is 0 Å². The van der Waals surface area contributed by atoms with Crippen LogP contribution >= 0.6 is 0 Å². The van der Waals surface area contributed by atoms with Gasteiger partial charge in [0, 0.05) is 0 Å². The van der Waals surface area contributed by atoms with Crippen LogP contribution in [0.5, 0.6) is 0 Å². The van der Waals surface area contributed by atoms with Crippen molar-refractivity contribution in [2.24, 2.45) is 0 Å². The van der Waals surface area contributed by atoms with Crippen molar-refractivity contribution in [1.29, 1.82) is 0 Å². The van der Waals surface area contributed by atoms with Crippen molar-refractivity contribution in [3.8, 4) is 0 Å². The minimum absolute atomic E-state index is 0. The van der Waals surface area contributed by atoms with Gasteiger partial charge in [0.2, 0.25) is 0 Å². The van der Waals surface area contributed by atoms with Gasteiger partial charge in [0.25, 0.3) is 0 Å². The van der Waals surface area contributed by atoms with Crippen LogP contribution in [-0.4, -0.2) is 0 Å². The average Bonchev–Trinajstić information content (AvgIpc) is 2.16. The zero-order valence-electron chi connectivity index (χ0n) is 9.86. The molecule has 1 aromatic carbocycles. The number of aryl methyl sites for hydroxylation is 3. The Hall–Kier alpha value is -0.780. The molecule has 0 aromatic heterocycles. The molecule has 1 rings (SSSR count). The van der Waals surface area contributed by atoms with E-state index in [4.69, 9.17) is 0 Å². The molecule has 14 heavy (non-hydrogen) atoms. The number of hydrogen-bond acceptors (Lipinski definition) is 0. The topological polar surface area (TPSA) is 0 Å². The maximum Gasteiger partial charge on any atom is -0.0307 e. The molecule has 0 saturated carbocycles. The Labute approximate surface area is 90.4 Å². The third-order valence-corrected chi connectivity index (χ3v) is 2.40. The lowest BCUT2D eigenvalue weighted by molar-refractivity contribution is 1.11. The highest BCUT2D eigenvalue weighted by molar-refractivity contribution is 5.36. The Morgan fingerprint density at radius 1 is 0.929 bits per heavy atom. The molecule has 0 unspecified atom stereocenters. The van der Waals surface area contributed by atoms with Crippen molar-refractivity contribution in [1.82, 2.24) is 0 Å². The van der Waals surface area contributed by atoms with Crippen molar-refractivity contribution in [3.63, 3.8) is 0 Å². The van der Waals surface area contributed by atoms with Crippen molar-refractivity contribution >= 4 is 0 Å². The lowest BCUT2D eigenvalue weighted by Crippen LogP contribution is -1.89. The molecule has 0 aliphatic heterocycles. The number of rotatable bonds is 1. The van der Waals surface area contributed by atoms with Gasteiger partial charge in [-0.1, -0.05) is 40.3 Å². The molecule has 0 spiro atoms. The summed E-state index contributed by atoms with van der Waals surface area (Å²) in [5, 5.41) is 0. The van der Waals surface area contributed by atoms with Gasteiger partial charge in [-0.15, -0.1) is 0 Å². The van der Waals surface area contributed by atoms with E-state index in [2.05, 4.69) is 39.8 Å². The summed E-state index contributed by atoms with van der Waals surface area (Å²) < 4.78 is 0. The van der Waals surface area contributed by atoms with E-state index < -0.39 is 0 Å². The van der Waals surface area contributed by atoms with Gasteiger partial charge >= 0.3 is 0 Å². The van der Waals surface area contributed by atoms with Crippen LogP contribution in [0.4, 0.5) is 0 Å². The summed E-state index contributed by atoms with van der Waals surface area (Å²) in [6.07, 6.45) is 1.14. The highest BCUT2D eigenvalue weighted by atomic mass is 14.0. The monoisotopic (exact) mass is 194 g/mol. The summed E-state index contributed by atoms with van der Waals surface area (Å²) in [6, 6.07) is 4.56. The first-order valence-electron chi connectivity index (χ1n) is 5.22. The summed E-state index contributed by atoms with van der Waals surface area (Å²) in [6.45, 7) is 12.7. The molecule has 82 valence electrons. The third kappa shape index (κ3) is 3.95. The van der Waals surface area contributed by atoms with Crippen LogP contribution < -0.4 is 0 Å². The van der Waals surface area contributed by atoms with Crippen LogP contribution in [0.2, 0.25) is 0 Å². The Kier molecular flexibility index (Phi) is 8.52. The van der Waals surface area contributed by atoms with E-state index in [0.29, 0.717) is 0 Å². The standard InChI is InChI=1S/C11H16.C2H6.CH4/c1-5-11-6-8(2)10(4)9(3)7-11;1-2;/h6-7H,5H2,1-4H3;1-2H3;1H4. The SMILES string of the molecule is C.CC.CCc1cc(C)c(C)c(C)c1. The second-order valence-electron chi connectivity index (χ2n) is 3.21. The van der Waals surface area contributed by atoms with E-state index >= 15 is 0 Å². The van der Waals surface area contributed by atoms with Crippen LogP contribution in [0.3, 0.4) is 0 Å². The van der Waals surface area contributed by atoms with Crippen LogP contribution in [0, 0.1) is 20.8 Å². The Morgan fingerprint density at radius 3 is 1.57 bits per heavy atom.